The number of nitrogens with zero attached hydrogens (tertiary/aromatic N) is 3. The SMILES string of the molecule is O=C(c1ccccc1F)N1N=C(c2cccs2)CC1c1cc2ccccc2nc1Cl. The van der Waals surface area contributed by atoms with Crippen LogP contribution in [-0.2, 0) is 0 Å². The van der Waals surface area contributed by atoms with Crippen LogP contribution in [0, 0.1) is 5.82 Å². The molecule has 0 aliphatic carbocycles. The number of hydrogen-bond donors (Lipinski definition) is 0. The molecule has 0 bridgehead atoms. The normalized spacial score (nSPS) is 16.1. The Balaban J connectivity index is 1.62. The molecule has 0 saturated heterocycles. The van der Waals surface area contributed by atoms with Crippen LogP contribution in [0.4, 0.5) is 4.39 Å². The Morgan fingerprint density at radius 2 is 1.90 bits per heavy atom. The van der Waals surface area contributed by atoms with Crippen LogP contribution in [0.3, 0.4) is 0 Å². The van der Waals surface area contributed by atoms with Crippen LogP contribution in [0.5, 0.6) is 0 Å². The Bertz CT molecular complexity index is 1290. The lowest BCUT2D eigenvalue weighted by atomic mass is 10.0. The zero-order chi connectivity index (χ0) is 20.7. The fourth-order valence-corrected chi connectivity index (χ4v) is 4.62. The number of hydrogen-bond acceptors (Lipinski definition) is 4. The van der Waals surface area contributed by atoms with E-state index >= 15 is 0 Å². The number of para-hydroxylation sites is 1. The van der Waals surface area contributed by atoms with Crippen LogP contribution >= 0.6 is 22.9 Å². The lowest BCUT2D eigenvalue weighted by molar-refractivity contribution is 0.0706. The van der Waals surface area contributed by atoms with Gasteiger partial charge in [-0.3, -0.25) is 4.79 Å². The smallest absolute Gasteiger partial charge is 0.267 e. The summed E-state index contributed by atoms with van der Waals surface area (Å²) in [6.07, 6.45) is 0.473. The second-order valence-electron chi connectivity index (χ2n) is 6.93. The van der Waals surface area contributed by atoms with Crippen molar-refractivity contribution >= 4 is 45.5 Å². The van der Waals surface area contributed by atoms with Crippen molar-refractivity contribution in [2.24, 2.45) is 5.10 Å². The minimum atomic E-state index is -0.580. The van der Waals surface area contributed by atoms with E-state index in [-0.39, 0.29) is 5.56 Å². The number of amides is 1. The van der Waals surface area contributed by atoms with Crippen molar-refractivity contribution in [3.63, 3.8) is 0 Å². The molecule has 30 heavy (non-hydrogen) atoms. The highest BCUT2D eigenvalue weighted by atomic mass is 35.5. The maximum atomic E-state index is 14.3. The van der Waals surface area contributed by atoms with E-state index in [0.717, 1.165) is 21.5 Å². The van der Waals surface area contributed by atoms with Crippen LogP contribution < -0.4 is 0 Å². The highest BCUT2D eigenvalue weighted by molar-refractivity contribution is 7.12. The van der Waals surface area contributed by atoms with Crippen molar-refractivity contribution in [2.75, 3.05) is 0 Å². The summed E-state index contributed by atoms with van der Waals surface area (Å²) < 4.78 is 14.3. The summed E-state index contributed by atoms with van der Waals surface area (Å²) in [5, 5.41) is 9.11. The molecular formula is C23H15ClFN3OS. The number of aromatic nitrogens is 1. The molecule has 148 valence electrons. The number of carbonyl (C=O) groups is 1. The molecular weight excluding hydrogens is 421 g/mol. The first-order valence-electron chi connectivity index (χ1n) is 9.36. The van der Waals surface area contributed by atoms with Gasteiger partial charge in [-0.05, 0) is 35.7 Å². The number of fused-ring (bicyclic) bond motifs is 1. The van der Waals surface area contributed by atoms with Crippen molar-refractivity contribution in [1.29, 1.82) is 0 Å². The Morgan fingerprint density at radius 3 is 2.70 bits per heavy atom. The third-order valence-corrected chi connectivity index (χ3v) is 6.31. The number of rotatable bonds is 3. The summed E-state index contributed by atoms with van der Waals surface area (Å²) in [7, 11) is 0. The van der Waals surface area contributed by atoms with E-state index in [1.54, 1.807) is 23.5 Å². The molecule has 1 unspecified atom stereocenters. The van der Waals surface area contributed by atoms with Gasteiger partial charge in [-0.15, -0.1) is 11.3 Å². The van der Waals surface area contributed by atoms with Gasteiger partial charge in [-0.2, -0.15) is 5.10 Å². The topological polar surface area (TPSA) is 45.6 Å². The fourth-order valence-electron chi connectivity index (χ4n) is 3.63. The fraction of sp³-hybridized carbons (Fsp3) is 0.0870. The van der Waals surface area contributed by atoms with E-state index in [4.69, 9.17) is 11.6 Å². The molecule has 0 fully saturated rings. The molecule has 1 amide bonds. The van der Waals surface area contributed by atoms with Gasteiger partial charge in [0.25, 0.3) is 5.91 Å². The van der Waals surface area contributed by atoms with E-state index in [1.165, 1.54) is 17.1 Å². The Labute approximate surface area is 181 Å². The summed E-state index contributed by atoms with van der Waals surface area (Å²) in [6, 6.07) is 18.9. The Morgan fingerprint density at radius 1 is 1.10 bits per heavy atom. The van der Waals surface area contributed by atoms with E-state index in [2.05, 4.69) is 10.1 Å². The van der Waals surface area contributed by atoms with Crippen LogP contribution in [0.15, 0.2) is 77.2 Å². The van der Waals surface area contributed by atoms with Crippen molar-refractivity contribution in [3.8, 4) is 0 Å². The molecule has 2 aromatic carbocycles. The van der Waals surface area contributed by atoms with Crippen LogP contribution in [0.25, 0.3) is 10.9 Å². The van der Waals surface area contributed by atoms with Crippen LogP contribution in [0.1, 0.15) is 33.3 Å². The van der Waals surface area contributed by atoms with Gasteiger partial charge in [0.15, 0.2) is 0 Å². The Hall–Kier alpha value is -3.09. The van der Waals surface area contributed by atoms with Crippen molar-refractivity contribution in [2.45, 2.75) is 12.5 Å². The third kappa shape index (κ3) is 3.28. The van der Waals surface area contributed by atoms with Crippen molar-refractivity contribution in [3.05, 3.63) is 99.1 Å². The minimum Gasteiger partial charge on any atom is -0.267 e. The lowest BCUT2D eigenvalue weighted by Crippen LogP contribution is -2.28. The zero-order valence-corrected chi connectivity index (χ0v) is 17.2. The van der Waals surface area contributed by atoms with Gasteiger partial charge in [-0.1, -0.05) is 48.0 Å². The number of hydrazone groups is 1. The van der Waals surface area contributed by atoms with E-state index in [0.29, 0.717) is 17.1 Å². The van der Waals surface area contributed by atoms with Crippen molar-refractivity contribution in [1.82, 2.24) is 9.99 Å². The average Bonchev–Trinajstić information content (AvgIpc) is 3.43. The maximum Gasteiger partial charge on any atom is 0.277 e. The number of benzene rings is 2. The molecule has 1 aliphatic rings. The summed E-state index contributed by atoms with van der Waals surface area (Å²) in [4.78, 5) is 18.7. The first-order valence-corrected chi connectivity index (χ1v) is 10.6. The van der Waals surface area contributed by atoms with Gasteiger partial charge < -0.3 is 0 Å². The molecule has 4 nitrogen and oxygen atoms in total. The highest BCUT2D eigenvalue weighted by Crippen LogP contribution is 2.38. The molecule has 7 heteroatoms. The van der Waals surface area contributed by atoms with Gasteiger partial charge in [0, 0.05) is 17.4 Å². The lowest BCUT2D eigenvalue weighted by Gasteiger charge is -2.23. The predicted octanol–water partition coefficient (Wildman–Crippen LogP) is 6.08. The molecule has 4 aromatic rings. The molecule has 5 rings (SSSR count). The van der Waals surface area contributed by atoms with Gasteiger partial charge in [0.2, 0.25) is 0 Å². The first kappa shape index (κ1) is 18.9. The summed E-state index contributed by atoms with van der Waals surface area (Å²) in [6.45, 7) is 0. The quantitative estimate of drug-likeness (QED) is 0.366. The predicted molar refractivity (Wildman–Crippen MR) is 118 cm³/mol. The molecule has 1 atom stereocenters. The van der Waals surface area contributed by atoms with Crippen LogP contribution in [-0.4, -0.2) is 21.6 Å². The number of pyridine rings is 1. The molecule has 2 aromatic heterocycles. The number of halogens is 2. The highest BCUT2D eigenvalue weighted by Gasteiger charge is 2.36. The zero-order valence-electron chi connectivity index (χ0n) is 15.6. The molecule has 1 aliphatic heterocycles. The largest absolute Gasteiger partial charge is 0.277 e. The summed E-state index contributed by atoms with van der Waals surface area (Å²) >= 11 is 8.08. The summed E-state index contributed by atoms with van der Waals surface area (Å²) in [5.74, 6) is -1.09. The Kier molecular flexibility index (Phi) is 4.81. The second kappa shape index (κ2) is 7.63. The molecule has 0 radical (unpaired) electrons. The average molecular weight is 436 g/mol. The molecule has 0 spiro atoms. The van der Waals surface area contributed by atoms with E-state index < -0.39 is 17.8 Å². The van der Waals surface area contributed by atoms with Gasteiger partial charge in [0.1, 0.15) is 11.0 Å². The van der Waals surface area contributed by atoms with Crippen molar-refractivity contribution < 1.29 is 9.18 Å². The third-order valence-electron chi connectivity index (χ3n) is 5.09. The standard InChI is InChI=1S/C23H15ClFN3OS/c24-22-16(12-14-6-1-4-9-18(14)26-22)20-13-19(21-10-5-11-30-21)27-28(20)23(29)15-7-2-3-8-17(15)25/h1-12,20H,13H2. The number of thiophene rings is 1. The van der Waals surface area contributed by atoms with Gasteiger partial charge in [-0.25, -0.2) is 14.4 Å². The van der Waals surface area contributed by atoms with Gasteiger partial charge >= 0.3 is 0 Å². The molecule has 0 N–H and O–H groups in total. The monoisotopic (exact) mass is 435 g/mol. The van der Waals surface area contributed by atoms with Crippen LogP contribution in [0.2, 0.25) is 5.15 Å². The summed E-state index contributed by atoms with van der Waals surface area (Å²) in [5.41, 5.74) is 2.21. The second-order valence-corrected chi connectivity index (χ2v) is 8.24. The van der Waals surface area contributed by atoms with Gasteiger partial charge in [0.05, 0.1) is 27.7 Å². The number of carbonyl (C=O) groups excluding carboxylic acids is 1. The molecule has 0 saturated carbocycles. The first-order chi connectivity index (χ1) is 14.6. The minimum absolute atomic E-state index is 0.0245. The van der Waals surface area contributed by atoms with E-state index in [1.807, 2.05) is 47.8 Å². The maximum absolute atomic E-state index is 14.3. The molecule has 3 heterocycles. The van der Waals surface area contributed by atoms with E-state index in [9.17, 15) is 9.18 Å².